The maximum atomic E-state index is 5.08. The Balaban J connectivity index is 2.01. The number of hydrogen-bond donors (Lipinski definition) is 1. The molecule has 0 spiro atoms. The SMILES string of the molecule is C#CCNCCSc1nccs1. The molecule has 1 heterocycles. The van der Waals surface area contributed by atoms with Gasteiger partial charge in [0, 0.05) is 23.9 Å². The fourth-order valence-corrected chi connectivity index (χ4v) is 2.26. The van der Waals surface area contributed by atoms with Gasteiger partial charge in [-0.1, -0.05) is 17.7 Å². The average molecular weight is 198 g/mol. The second-order valence-corrected chi connectivity index (χ2v) is 4.26. The fourth-order valence-electron chi connectivity index (χ4n) is 0.653. The molecule has 1 rings (SSSR count). The molecule has 0 fully saturated rings. The molecule has 0 bridgehead atoms. The van der Waals surface area contributed by atoms with Gasteiger partial charge in [-0.15, -0.1) is 17.8 Å². The predicted molar refractivity (Wildman–Crippen MR) is 54.5 cm³/mol. The standard InChI is InChI=1S/C8H10N2S2/c1-2-3-9-4-6-11-8-10-5-7-12-8/h1,5,7,9H,3-4,6H2. The van der Waals surface area contributed by atoms with E-state index in [1.54, 1.807) is 23.1 Å². The molecule has 0 aromatic carbocycles. The van der Waals surface area contributed by atoms with E-state index in [1.807, 2.05) is 11.6 Å². The summed E-state index contributed by atoms with van der Waals surface area (Å²) in [6, 6.07) is 0. The van der Waals surface area contributed by atoms with Crippen LogP contribution in [-0.4, -0.2) is 23.8 Å². The lowest BCUT2D eigenvalue weighted by Crippen LogP contribution is -2.16. The molecule has 1 N–H and O–H groups in total. The third-order valence-electron chi connectivity index (χ3n) is 1.14. The Kier molecular flexibility index (Phi) is 4.85. The summed E-state index contributed by atoms with van der Waals surface area (Å²) in [5.74, 6) is 3.55. The quantitative estimate of drug-likeness (QED) is 0.440. The minimum atomic E-state index is 0.651. The van der Waals surface area contributed by atoms with Crippen molar-refractivity contribution in [3.05, 3.63) is 11.6 Å². The third kappa shape index (κ3) is 3.77. The van der Waals surface area contributed by atoms with Crippen LogP contribution >= 0.6 is 23.1 Å². The highest BCUT2D eigenvalue weighted by atomic mass is 32.2. The molecule has 0 unspecified atom stereocenters. The number of terminal acetylenes is 1. The van der Waals surface area contributed by atoms with Gasteiger partial charge in [-0.05, 0) is 0 Å². The van der Waals surface area contributed by atoms with Crippen molar-refractivity contribution in [2.75, 3.05) is 18.8 Å². The molecule has 0 saturated carbocycles. The number of thioether (sulfide) groups is 1. The minimum absolute atomic E-state index is 0.651. The van der Waals surface area contributed by atoms with Crippen molar-refractivity contribution in [2.45, 2.75) is 4.34 Å². The first kappa shape index (κ1) is 9.59. The summed E-state index contributed by atoms with van der Waals surface area (Å²) in [6.45, 7) is 1.59. The third-order valence-corrected chi connectivity index (χ3v) is 3.11. The van der Waals surface area contributed by atoms with Crippen LogP contribution in [0.4, 0.5) is 0 Å². The first-order chi connectivity index (χ1) is 5.93. The Bertz CT molecular complexity index is 238. The average Bonchev–Trinajstić information content (AvgIpc) is 2.57. The van der Waals surface area contributed by atoms with Gasteiger partial charge in [0.2, 0.25) is 0 Å². The summed E-state index contributed by atoms with van der Waals surface area (Å²) in [4.78, 5) is 4.15. The Morgan fingerprint density at radius 2 is 2.67 bits per heavy atom. The van der Waals surface area contributed by atoms with Gasteiger partial charge >= 0.3 is 0 Å². The van der Waals surface area contributed by atoms with Crippen LogP contribution in [0.5, 0.6) is 0 Å². The molecule has 4 heteroatoms. The molecule has 2 nitrogen and oxygen atoms in total. The molecular weight excluding hydrogens is 188 g/mol. The van der Waals surface area contributed by atoms with Crippen molar-refractivity contribution in [3.8, 4) is 12.3 Å². The molecule has 1 aromatic rings. The van der Waals surface area contributed by atoms with E-state index in [2.05, 4.69) is 16.2 Å². The van der Waals surface area contributed by atoms with E-state index in [-0.39, 0.29) is 0 Å². The zero-order valence-corrected chi connectivity index (χ0v) is 8.25. The molecule has 0 saturated heterocycles. The largest absolute Gasteiger partial charge is 0.305 e. The second-order valence-electron chi connectivity index (χ2n) is 2.03. The van der Waals surface area contributed by atoms with Gasteiger partial charge in [0.1, 0.15) is 4.34 Å². The van der Waals surface area contributed by atoms with Crippen LogP contribution in [0.1, 0.15) is 0 Å². The van der Waals surface area contributed by atoms with E-state index in [9.17, 15) is 0 Å². The second kappa shape index (κ2) is 6.06. The van der Waals surface area contributed by atoms with Crippen molar-refractivity contribution in [2.24, 2.45) is 0 Å². The van der Waals surface area contributed by atoms with Crippen molar-refractivity contribution in [1.82, 2.24) is 10.3 Å². The van der Waals surface area contributed by atoms with Crippen molar-refractivity contribution in [3.63, 3.8) is 0 Å². The smallest absolute Gasteiger partial charge is 0.149 e. The summed E-state index contributed by atoms with van der Waals surface area (Å²) < 4.78 is 1.12. The van der Waals surface area contributed by atoms with Crippen LogP contribution in [-0.2, 0) is 0 Å². The number of nitrogens with zero attached hydrogens (tertiary/aromatic N) is 1. The summed E-state index contributed by atoms with van der Waals surface area (Å²) in [5.41, 5.74) is 0. The van der Waals surface area contributed by atoms with Gasteiger partial charge in [-0.3, -0.25) is 0 Å². The lowest BCUT2D eigenvalue weighted by molar-refractivity contribution is 0.818. The minimum Gasteiger partial charge on any atom is -0.305 e. The van der Waals surface area contributed by atoms with Gasteiger partial charge in [-0.25, -0.2) is 4.98 Å². The maximum absolute atomic E-state index is 5.08. The molecule has 0 atom stereocenters. The lowest BCUT2D eigenvalue weighted by atomic mass is 10.6. The van der Waals surface area contributed by atoms with Crippen molar-refractivity contribution >= 4 is 23.1 Å². The molecule has 1 aromatic heterocycles. The van der Waals surface area contributed by atoms with E-state index in [4.69, 9.17) is 6.42 Å². The number of rotatable bonds is 5. The molecule has 0 aliphatic heterocycles. The van der Waals surface area contributed by atoms with Crippen LogP contribution in [0.2, 0.25) is 0 Å². The van der Waals surface area contributed by atoms with Crippen LogP contribution in [0, 0.1) is 12.3 Å². The maximum Gasteiger partial charge on any atom is 0.149 e. The first-order valence-electron chi connectivity index (χ1n) is 3.60. The van der Waals surface area contributed by atoms with Gasteiger partial charge < -0.3 is 5.32 Å². The summed E-state index contributed by atoms with van der Waals surface area (Å²) in [5, 5.41) is 5.10. The Morgan fingerprint density at radius 3 is 3.33 bits per heavy atom. The highest BCUT2D eigenvalue weighted by Crippen LogP contribution is 2.18. The summed E-state index contributed by atoms with van der Waals surface area (Å²) >= 11 is 3.42. The van der Waals surface area contributed by atoms with Crippen LogP contribution in [0.15, 0.2) is 15.9 Å². The Morgan fingerprint density at radius 1 is 1.75 bits per heavy atom. The molecule has 0 amide bonds. The molecule has 0 aliphatic rings. The van der Waals surface area contributed by atoms with Crippen molar-refractivity contribution in [1.29, 1.82) is 0 Å². The first-order valence-corrected chi connectivity index (χ1v) is 5.46. The van der Waals surface area contributed by atoms with E-state index in [0.29, 0.717) is 6.54 Å². The lowest BCUT2D eigenvalue weighted by Gasteiger charge is -1.97. The van der Waals surface area contributed by atoms with E-state index >= 15 is 0 Å². The highest BCUT2D eigenvalue weighted by Gasteiger charge is 1.94. The van der Waals surface area contributed by atoms with Crippen LogP contribution in [0.3, 0.4) is 0 Å². The van der Waals surface area contributed by atoms with Gasteiger partial charge in [0.25, 0.3) is 0 Å². The zero-order chi connectivity index (χ0) is 8.65. The van der Waals surface area contributed by atoms with Crippen LogP contribution in [0.25, 0.3) is 0 Å². The molecular formula is C8H10N2S2. The highest BCUT2D eigenvalue weighted by molar-refractivity contribution is 8.01. The van der Waals surface area contributed by atoms with Crippen molar-refractivity contribution < 1.29 is 0 Å². The predicted octanol–water partition coefficient (Wildman–Crippen LogP) is 1.46. The monoisotopic (exact) mass is 198 g/mol. The van der Waals surface area contributed by atoms with E-state index in [1.165, 1.54) is 0 Å². The Labute approximate surface area is 80.8 Å². The Hall–Kier alpha value is -0.500. The molecule has 12 heavy (non-hydrogen) atoms. The molecule has 0 aliphatic carbocycles. The van der Waals surface area contributed by atoms with Gasteiger partial charge in [0.15, 0.2) is 0 Å². The number of hydrogen-bond acceptors (Lipinski definition) is 4. The summed E-state index contributed by atoms with van der Waals surface area (Å²) in [7, 11) is 0. The summed E-state index contributed by atoms with van der Waals surface area (Å²) in [6.07, 6.45) is 6.90. The topological polar surface area (TPSA) is 24.9 Å². The number of aromatic nitrogens is 1. The fraction of sp³-hybridized carbons (Fsp3) is 0.375. The molecule has 64 valence electrons. The normalized spacial score (nSPS) is 9.58. The molecule has 0 radical (unpaired) electrons. The van der Waals surface area contributed by atoms with E-state index in [0.717, 1.165) is 16.6 Å². The zero-order valence-electron chi connectivity index (χ0n) is 6.62. The van der Waals surface area contributed by atoms with Gasteiger partial charge in [-0.2, -0.15) is 0 Å². The van der Waals surface area contributed by atoms with Gasteiger partial charge in [0.05, 0.1) is 6.54 Å². The van der Waals surface area contributed by atoms with Crippen LogP contribution < -0.4 is 5.32 Å². The van der Waals surface area contributed by atoms with E-state index < -0.39 is 0 Å². The number of nitrogens with one attached hydrogen (secondary N) is 1. The number of thiazole rings is 1.